The quantitative estimate of drug-likeness (QED) is 0.528. The molecule has 0 unspecified atom stereocenters. The Morgan fingerprint density at radius 1 is 0.962 bits per heavy atom. The van der Waals surface area contributed by atoms with Gasteiger partial charge in [-0.05, 0) is 60.2 Å². The molecule has 7 heteroatoms. The summed E-state index contributed by atoms with van der Waals surface area (Å²) in [6, 6.07) is 18.4. The van der Waals surface area contributed by atoms with E-state index >= 15 is 0 Å². The van der Waals surface area contributed by atoms with Crippen LogP contribution in [0.5, 0.6) is 5.75 Å². The predicted octanol–water partition coefficient (Wildman–Crippen LogP) is 5.78. The van der Waals surface area contributed by atoms with E-state index in [0.717, 1.165) is 11.3 Å². The van der Waals surface area contributed by atoms with E-state index in [4.69, 9.17) is 40.2 Å². The molecule has 0 radical (unpaired) electrons. The molecule has 3 rings (SSSR count). The largest absolute Gasteiger partial charge is 0.485 e. The number of rotatable bonds is 5. The number of anilines is 2. The minimum absolute atomic E-state index is 0.370. The summed E-state index contributed by atoms with van der Waals surface area (Å²) in [5.74, 6) is 1.11. The molecule has 1 aromatic heterocycles. The molecule has 2 aromatic carbocycles. The molecule has 3 aromatic rings. The van der Waals surface area contributed by atoms with Crippen molar-refractivity contribution in [1.82, 2.24) is 4.98 Å². The zero-order chi connectivity index (χ0) is 18.4. The van der Waals surface area contributed by atoms with E-state index in [1.165, 1.54) is 0 Å². The van der Waals surface area contributed by atoms with E-state index in [1.54, 1.807) is 24.4 Å². The van der Waals surface area contributed by atoms with E-state index in [-0.39, 0.29) is 0 Å². The standard InChI is InChI=1S/C19H15Cl2N3OS/c20-14-5-1-4-13(10-14)12-25-17-8-3-9-22-18(17)24-19(26)23-16-7-2-6-15(21)11-16/h1-11H,12H2,(H2,22,23,24,26). The molecular weight excluding hydrogens is 389 g/mol. The number of thiocarbonyl (C=S) groups is 1. The molecule has 26 heavy (non-hydrogen) atoms. The van der Waals surface area contributed by atoms with Gasteiger partial charge in [-0.15, -0.1) is 0 Å². The second kappa shape index (κ2) is 8.85. The molecule has 0 fully saturated rings. The number of hydrogen-bond acceptors (Lipinski definition) is 3. The van der Waals surface area contributed by atoms with Gasteiger partial charge in [-0.1, -0.05) is 41.4 Å². The molecule has 0 spiro atoms. The van der Waals surface area contributed by atoms with Crippen molar-refractivity contribution < 1.29 is 4.74 Å². The Labute approximate surface area is 167 Å². The number of benzene rings is 2. The lowest BCUT2D eigenvalue weighted by Crippen LogP contribution is -2.20. The van der Waals surface area contributed by atoms with Crippen molar-refractivity contribution in [3.05, 3.63) is 82.5 Å². The van der Waals surface area contributed by atoms with Gasteiger partial charge in [0.25, 0.3) is 0 Å². The van der Waals surface area contributed by atoms with Crippen LogP contribution in [0.1, 0.15) is 5.56 Å². The number of nitrogens with one attached hydrogen (secondary N) is 2. The summed E-state index contributed by atoms with van der Waals surface area (Å²) in [5, 5.41) is 7.79. The molecule has 0 saturated carbocycles. The average Bonchev–Trinajstić information content (AvgIpc) is 2.61. The van der Waals surface area contributed by atoms with E-state index < -0.39 is 0 Å². The van der Waals surface area contributed by atoms with E-state index in [2.05, 4.69) is 15.6 Å². The Bertz CT molecular complexity index is 921. The Balaban J connectivity index is 1.65. The van der Waals surface area contributed by atoms with E-state index in [9.17, 15) is 0 Å². The third-order valence-electron chi connectivity index (χ3n) is 3.37. The first-order chi connectivity index (χ1) is 12.6. The fraction of sp³-hybridized carbons (Fsp3) is 0.0526. The third kappa shape index (κ3) is 5.33. The Hall–Kier alpha value is -2.34. The molecule has 132 valence electrons. The molecule has 0 atom stereocenters. The number of aromatic nitrogens is 1. The number of pyridine rings is 1. The Morgan fingerprint density at radius 3 is 2.50 bits per heavy atom. The van der Waals surface area contributed by atoms with Crippen molar-refractivity contribution in [1.29, 1.82) is 0 Å². The number of ether oxygens (including phenoxy) is 1. The van der Waals surface area contributed by atoms with Crippen LogP contribution in [0.25, 0.3) is 0 Å². The van der Waals surface area contributed by atoms with E-state index in [0.29, 0.717) is 33.3 Å². The maximum atomic E-state index is 6.00. The first-order valence-electron chi connectivity index (χ1n) is 7.76. The van der Waals surface area contributed by atoms with Gasteiger partial charge in [-0.2, -0.15) is 0 Å². The van der Waals surface area contributed by atoms with Crippen molar-refractivity contribution >= 4 is 52.0 Å². The summed E-state index contributed by atoms with van der Waals surface area (Å²) < 4.78 is 5.86. The summed E-state index contributed by atoms with van der Waals surface area (Å²) >= 11 is 17.3. The summed E-state index contributed by atoms with van der Waals surface area (Å²) in [6.45, 7) is 0.370. The molecule has 0 aliphatic carbocycles. The van der Waals surface area contributed by atoms with Gasteiger partial charge in [0, 0.05) is 21.9 Å². The minimum atomic E-state index is 0.370. The SMILES string of the molecule is S=C(Nc1cccc(Cl)c1)Nc1ncccc1OCc1cccc(Cl)c1. The molecule has 0 amide bonds. The van der Waals surface area contributed by atoms with Gasteiger partial charge in [0.05, 0.1) is 0 Å². The normalized spacial score (nSPS) is 10.2. The van der Waals surface area contributed by atoms with Gasteiger partial charge >= 0.3 is 0 Å². The second-order valence-electron chi connectivity index (χ2n) is 5.36. The smallest absolute Gasteiger partial charge is 0.176 e. The van der Waals surface area contributed by atoms with Crippen molar-refractivity contribution in [3.8, 4) is 5.75 Å². The predicted molar refractivity (Wildman–Crippen MR) is 111 cm³/mol. The molecule has 2 N–H and O–H groups in total. The van der Waals surface area contributed by atoms with Crippen LogP contribution in [0.2, 0.25) is 10.0 Å². The van der Waals surface area contributed by atoms with Crippen LogP contribution >= 0.6 is 35.4 Å². The van der Waals surface area contributed by atoms with Gasteiger partial charge in [0.15, 0.2) is 16.7 Å². The first kappa shape index (κ1) is 18.5. The minimum Gasteiger partial charge on any atom is -0.485 e. The first-order valence-corrected chi connectivity index (χ1v) is 8.92. The maximum Gasteiger partial charge on any atom is 0.176 e. The summed E-state index contributed by atoms with van der Waals surface area (Å²) in [5.41, 5.74) is 1.75. The van der Waals surface area contributed by atoms with Crippen molar-refractivity contribution in [2.24, 2.45) is 0 Å². The van der Waals surface area contributed by atoms with Gasteiger partial charge in [0.1, 0.15) is 6.61 Å². The van der Waals surface area contributed by atoms with Gasteiger partial charge in [-0.3, -0.25) is 0 Å². The molecule has 0 bridgehead atoms. The number of nitrogens with zero attached hydrogens (tertiary/aromatic N) is 1. The fourth-order valence-electron chi connectivity index (χ4n) is 2.22. The second-order valence-corrected chi connectivity index (χ2v) is 6.64. The molecule has 0 aliphatic rings. The monoisotopic (exact) mass is 403 g/mol. The summed E-state index contributed by atoms with van der Waals surface area (Å²) in [4.78, 5) is 4.29. The van der Waals surface area contributed by atoms with Crippen LogP contribution in [0, 0.1) is 0 Å². The summed E-state index contributed by atoms with van der Waals surface area (Å²) in [7, 11) is 0. The van der Waals surface area contributed by atoms with Crippen LogP contribution in [0.3, 0.4) is 0 Å². The molecule has 4 nitrogen and oxygen atoms in total. The van der Waals surface area contributed by atoms with E-state index in [1.807, 2.05) is 42.5 Å². The molecule has 0 aliphatic heterocycles. The van der Waals surface area contributed by atoms with Crippen LogP contribution in [-0.2, 0) is 6.61 Å². The van der Waals surface area contributed by atoms with Crippen molar-refractivity contribution in [2.75, 3.05) is 10.6 Å². The van der Waals surface area contributed by atoms with Crippen LogP contribution in [-0.4, -0.2) is 10.1 Å². The topological polar surface area (TPSA) is 46.2 Å². The van der Waals surface area contributed by atoms with Crippen LogP contribution in [0.4, 0.5) is 11.5 Å². The van der Waals surface area contributed by atoms with Crippen molar-refractivity contribution in [2.45, 2.75) is 6.61 Å². The highest BCUT2D eigenvalue weighted by atomic mass is 35.5. The molecule has 0 saturated heterocycles. The lowest BCUT2D eigenvalue weighted by atomic mass is 10.2. The fourth-order valence-corrected chi connectivity index (χ4v) is 2.84. The zero-order valence-corrected chi connectivity index (χ0v) is 15.9. The lowest BCUT2D eigenvalue weighted by Gasteiger charge is -2.14. The molecule has 1 heterocycles. The average molecular weight is 404 g/mol. The summed E-state index contributed by atoms with van der Waals surface area (Å²) in [6.07, 6.45) is 1.66. The van der Waals surface area contributed by atoms with Gasteiger partial charge in [-0.25, -0.2) is 4.98 Å². The van der Waals surface area contributed by atoms with Crippen molar-refractivity contribution in [3.63, 3.8) is 0 Å². The third-order valence-corrected chi connectivity index (χ3v) is 4.04. The lowest BCUT2D eigenvalue weighted by molar-refractivity contribution is 0.307. The number of hydrogen-bond donors (Lipinski definition) is 2. The van der Waals surface area contributed by atoms with Crippen LogP contribution < -0.4 is 15.4 Å². The zero-order valence-electron chi connectivity index (χ0n) is 13.6. The van der Waals surface area contributed by atoms with Gasteiger partial charge < -0.3 is 15.4 Å². The Morgan fingerprint density at radius 2 is 1.73 bits per heavy atom. The highest BCUT2D eigenvalue weighted by Gasteiger charge is 2.08. The van der Waals surface area contributed by atoms with Gasteiger partial charge in [0.2, 0.25) is 0 Å². The Kier molecular flexibility index (Phi) is 6.28. The number of halogens is 2. The molecular formula is C19H15Cl2N3OS. The van der Waals surface area contributed by atoms with Crippen LogP contribution in [0.15, 0.2) is 66.9 Å². The highest BCUT2D eigenvalue weighted by molar-refractivity contribution is 7.80. The highest BCUT2D eigenvalue weighted by Crippen LogP contribution is 2.23. The maximum absolute atomic E-state index is 6.00.